The summed E-state index contributed by atoms with van der Waals surface area (Å²) in [6, 6.07) is 11.4. The van der Waals surface area contributed by atoms with Crippen LogP contribution in [0.2, 0.25) is 0 Å². The van der Waals surface area contributed by atoms with Gasteiger partial charge in [0.05, 0.1) is 0 Å². The Labute approximate surface area is 202 Å². The summed E-state index contributed by atoms with van der Waals surface area (Å²) in [5, 5.41) is 3.34. The van der Waals surface area contributed by atoms with Gasteiger partial charge in [-0.05, 0) is 80.3 Å². The number of nitrogens with zero attached hydrogens (tertiary/aromatic N) is 4. The standard InChI is InChI=1S/C27H36FN5O/c1-20-3-10-26(32-13-11-30(2)12-14-32)25-19-22(6-9-24(20)25)29-27(34)33-17-15-31(16-18-33)23-7-4-21(28)5-8-23/h3-5,7-8,10,22H,6,9,11-19H2,1-2H3,(H,29,34)/t22-/m0/s1. The van der Waals surface area contributed by atoms with Crippen molar-refractivity contribution in [1.82, 2.24) is 15.1 Å². The highest BCUT2D eigenvalue weighted by Gasteiger charge is 2.28. The SMILES string of the molecule is Cc1ccc(N2CCN(C)CC2)c2c1CC[C@H](NC(=O)N1CCN(c3ccc(F)cc3)CC1)C2. The van der Waals surface area contributed by atoms with Crippen LogP contribution in [0.15, 0.2) is 36.4 Å². The zero-order chi connectivity index (χ0) is 23.7. The van der Waals surface area contributed by atoms with Crippen LogP contribution in [0.5, 0.6) is 0 Å². The van der Waals surface area contributed by atoms with Gasteiger partial charge in [-0.1, -0.05) is 6.07 Å². The van der Waals surface area contributed by atoms with Gasteiger partial charge in [0.2, 0.25) is 0 Å². The molecule has 0 aromatic heterocycles. The van der Waals surface area contributed by atoms with Gasteiger partial charge in [-0.25, -0.2) is 9.18 Å². The predicted octanol–water partition coefficient (Wildman–Crippen LogP) is 3.28. The molecule has 0 unspecified atom stereocenters. The van der Waals surface area contributed by atoms with E-state index in [-0.39, 0.29) is 17.9 Å². The lowest BCUT2D eigenvalue weighted by atomic mass is 9.84. The van der Waals surface area contributed by atoms with Crippen molar-refractivity contribution >= 4 is 17.4 Å². The van der Waals surface area contributed by atoms with E-state index in [4.69, 9.17) is 0 Å². The first-order chi connectivity index (χ1) is 16.5. The summed E-state index contributed by atoms with van der Waals surface area (Å²) in [5.41, 5.74) is 6.66. The van der Waals surface area contributed by atoms with Crippen LogP contribution in [0, 0.1) is 12.7 Å². The van der Waals surface area contributed by atoms with Crippen LogP contribution in [0.3, 0.4) is 0 Å². The summed E-state index contributed by atoms with van der Waals surface area (Å²) in [5.74, 6) is -0.221. The molecular formula is C27H36FN5O. The van der Waals surface area contributed by atoms with E-state index in [1.165, 1.54) is 34.5 Å². The third-order valence-corrected chi connectivity index (χ3v) is 7.76. The normalized spacial score (nSPS) is 21.4. The number of rotatable bonds is 3. The summed E-state index contributed by atoms with van der Waals surface area (Å²) in [4.78, 5) is 22.1. The fourth-order valence-corrected chi connectivity index (χ4v) is 5.59. The minimum Gasteiger partial charge on any atom is -0.369 e. The second-order valence-electron chi connectivity index (χ2n) is 9.99. The fourth-order valence-electron chi connectivity index (χ4n) is 5.59. The quantitative estimate of drug-likeness (QED) is 0.756. The number of amides is 2. The number of hydrogen-bond acceptors (Lipinski definition) is 4. The lowest BCUT2D eigenvalue weighted by Crippen LogP contribution is -2.54. The molecule has 1 aliphatic carbocycles. The molecule has 0 bridgehead atoms. The Morgan fingerprint density at radius 2 is 1.56 bits per heavy atom. The van der Waals surface area contributed by atoms with Crippen molar-refractivity contribution < 1.29 is 9.18 Å². The van der Waals surface area contributed by atoms with Crippen LogP contribution in [-0.4, -0.2) is 81.3 Å². The number of anilines is 2. The number of fused-ring (bicyclic) bond motifs is 1. The average Bonchev–Trinajstić information content (AvgIpc) is 2.85. The summed E-state index contributed by atoms with van der Waals surface area (Å²) in [6.07, 6.45) is 2.91. The molecule has 1 N–H and O–H groups in total. The molecule has 2 aliphatic heterocycles. The molecule has 2 fully saturated rings. The van der Waals surface area contributed by atoms with E-state index >= 15 is 0 Å². The topological polar surface area (TPSA) is 42.1 Å². The second-order valence-corrected chi connectivity index (χ2v) is 9.99. The summed E-state index contributed by atoms with van der Waals surface area (Å²) in [7, 11) is 2.19. The number of nitrogens with one attached hydrogen (secondary N) is 1. The number of benzene rings is 2. The maximum Gasteiger partial charge on any atom is 0.317 e. The van der Waals surface area contributed by atoms with Crippen molar-refractivity contribution in [2.24, 2.45) is 0 Å². The molecule has 0 saturated carbocycles. The molecule has 2 heterocycles. The van der Waals surface area contributed by atoms with Gasteiger partial charge in [0.15, 0.2) is 0 Å². The number of urea groups is 1. The second kappa shape index (κ2) is 9.82. The van der Waals surface area contributed by atoms with Crippen LogP contribution in [0.4, 0.5) is 20.6 Å². The first kappa shape index (κ1) is 23.0. The number of carbonyl (C=O) groups excluding carboxylic acids is 1. The van der Waals surface area contributed by atoms with Crippen LogP contribution in [0.25, 0.3) is 0 Å². The van der Waals surface area contributed by atoms with Gasteiger partial charge in [-0.3, -0.25) is 0 Å². The largest absolute Gasteiger partial charge is 0.369 e. The van der Waals surface area contributed by atoms with Crippen molar-refractivity contribution in [2.75, 3.05) is 69.2 Å². The molecule has 2 aromatic rings. The van der Waals surface area contributed by atoms with Gasteiger partial charge in [0.1, 0.15) is 5.82 Å². The zero-order valence-electron chi connectivity index (χ0n) is 20.4. The third kappa shape index (κ3) is 4.85. The predicted molar refractivity (Wildman–Crippen MR) is 135 cm³/mol. The van der Waals surface area contributed by atoms with Gasteiger partial charge in [0, 0.05) is 69.8 Å². The van der Waals surface area contributed by atoms with Gasteiger partial charge >= 0.3 is 6.03 Å². The lowest BCUT2D eigenvalue weighted by Gasteiger charge is -2.39. The van der Waals surface area contributed by atoms with Gasteiger partial charge in [-0.2, -0.15) is 0 Å². The molecule has 3 aliphatic rings. The van der Waals surface area contributed by atoms with E-state index in [0.29, 0.717) is 13.1 Å². The Kier molecular flexibility index (Phi) is 6.63. The van der Waals surface area contributed by atoms with Gasteiger partial charge in [0.25, 0.3) is 0 Å². The number of halogens is 1. The maximum atomic E-state index is 13.2. The summed E-state index contributed by atoms with van der Waals surface area (Å²) >= 11 is 0. The molecule has 0 radical (unpaired) electrons. The Hall–Kier alpha value is -2.80. The molecule has 7 heteroatoms. The van der Waals surface area contributed by atoms with E-state index in [2.05, 4.69) is 46.1 Å². The van der Waals surface area contributed by atoms with Crippen molar-refractivity contribution in [3.8, 4) is 0 Å². The molecule has 34 heavy (non-hydrogen) atoms. The van der Waals surface area contributed by atoms with Crippen molar-refractivity contribution in [3.63, 3.8) is 0 Å². The number of carbonyl (C=O) groups is 1. The minimum absolute atomic E-state index is 0.0426. The molecule has 182 valence electrons. The zero-order valence-corrected chi connectivity index (χ0v) is 20.4. The molecule has 2 saturated heterocycles. The van der Waals surface area contributed by atoms with Crippen LogP contribution in [-0.2, 0) is 12.8 Å². The van der Waals surface area contributed by atoms with Gasteiger partial charge in [-0.15, -0.1) is 0 Å². The Morgan fingerprint density at radius 1 is 0.882 bits per heavy atom. The number of aryl methyl sites for hydroxylation is 1. The smallest absolute Gasteiger partial charge is 0.317 e. The van der Waals surface area contributed by atoms with Crippen molar-refractivity contribution in [3.05, 3.63) is 58.9 Å². The van der Waals surface area contributed by atoms with Crippen LogP contribution in [0.1, 0.15) is 23.1 Å². The first-order valence-corrected chi connectivity index (χ1v) is 12.6. The average molecular weight is 466 g/mol. The highest BCUT2D eigenvalue weighted by molar-refractivity contribution is 5.75. The number of likely N-dealkylation sites (N-methyl/N-ethyl adjacent to an activating group) is 1. The molecule has 6 nitrogen and oxygen atoms in total. The van der Waals surface area contributed by atoms with Crippen molar-refractivity contribution in [1.29, 1.82) is 0 Å². The minimum atomic E-state index is -0.221. The first-order valence-electron chi connectivity index (χ1n) is 12.6. The lowest BCUT2D eigenvalue weighted by molar-refractivity contribution is 0.189. The number of piperazine rings is 2. The summed E-state index contributed by atoms with van der Waals surface area (Å²) < 4.78 is 13.2. The van der Waals surface area contributed by atoms with E-state index in [0.717, 1.165) is 64.2 Å². The molecule has 0 spiro atoms. The molecule has 2 amide bonds. The van der Waals surface area contributed by atoms with Gasteiger partial charge < -0.3 is 24.9 Å². The summed E-state index contributed by atoms with van der Waals surface area (Å²) in [6.45, 7) is 9.39. The van der Waals surface area contributed by atoms with E-state index in [1.54, 1.807) is 0 Å². The Balaban J connectivity index is 1.20. The monoisotopic (exact) mass is 465 g/mol. The van der Waals surface area contributed by atoms with E-state index in [1.807, 2.05) is 17.0 Å². The maximum absolute atomic E-state index is 13.2. The third-order valence-electron chi connectivity index (χ3n) is 7.76. The molecule has 1 atom stereocenters. The molecule has 5 rings (SSSR count). The molecular weight excluding hydrogens is 429 g/mol. The van der Waals surface area contributed by atoms with E-state index in [9.17, 15) is 9.18 Å². The number of hydrogen-bond donors (Lipinski definition) is 1. The highest BCUT2D eigenvalue weighted by Crippen LogP contribution is 2.33. The Morgan fingerprint density at radius 3 is 2.26 bits per heavy atom. The fraction of sp³-hybridized carbons (Fsp3) is 0.519. The van der Waals surface area contributed by atoms with Crippen LogP contribution < -0.4 is 15.1 Å². The van der Waals surface area contributed by atoms with E-state index < -0.39 is 0 Å². The molecule has 2 aromatic carbocycles. The van der Waals surface area contributed by atoms with Crippen molar-refractivity contribution in [2.45, 2.75) is 32.2 Å². The highest BCUT2D eigenvalue weighted by atomic mass is 19.1. The van der Waals surface area contributed by atoms with Crippen LogP contribution >= 0.6 is 0 Å². The Bertz CT molecular complexity index is 1010.